The summed E-state index contributed by atoms with van der Waals surface area (Å²) < 4.78 is 12.9. The van der Waals surface area contributed by atoms with Gasteiger partial charge in [0.25, 0.3) is 0 Å². The number of hydrogen-bond donors (Lipinski definition) is 2. The molecular formula is C14H19FN2O. The maximum absolute atomic E-state index is 12.9. The molecule has 0 aliphatic heterocycles. The van der Waals surface area contributed by atoms with Gasteiger partial charge in [0.15, 0.2) is 0 Å². The lowest BCUT2D eigenvalue weighted by atomic mass is 10.0. The number of nitrogens with one attached hydrogen (secondary N) is 2. The molecule has 1 fully saturated rings. The molecule has 1 amide bonds. The molecule has 1 aliphatic rings. The van der Waals surface area contributed by atoms with Gasteiger partial charge >= 0.3 is 0 Å². The number of carbonyl (C=O) groups is 1. The van der Waals surface area contributed by atoms with E-state index in [4.69, 9.17) is 0 Å². The van der Waals surface area contributed by atoms with Crippen LogP contribution >= 0.6 is 0 Å². The number of amides is 1. The zero-order chi connectivity index (χ0) is 13.0. The lowest BCUT2D eigenvalue weighted by molar-refractivity contribution is -0.115. The van der Waals surface area contributed by atoms with Gasteiger partial charge in [0, 0.05) is 12.2 Å². The molecule has 0 heterocycles. The van der Waals surface area contributed by atoms with Gasteiger partial charge in [0.2, 0.25) is 5.91 Å². The SMILES string of the molecule is CCC1(CNCC(=O)Nc2cccc(F)c2)CC1. The van der Waals surface area contributed by atoms with Crippen molar-refractivity contribution in [3.63, 3.8) is 0 Å². The third kappa shape index (κ3) is 3.53. The van der Waals surface area contributed by atoms with Gasteiger partial charge in [-0.1, -0.05) is 13.0 Å². The van der Waals surface area contributed by atoms with E-state index < -0.39 is 0 Å². The molecule has 98 valence electrons. The highest BCUT2D eigenvalue weighted by Crippen LogP contribution is 2.47. The summed E-state index contributed by atoms with van der Waals surface area (Å²) in [6.45, 7) is 3.35. The number of rotatable bonds is 6. The van der Waals surface area contributed by atoms with Crippen LogP contribution in [0.4, 0.5) is 10.1 Å². The highest BCUT2D eigenvalue weighted by molar-refractivity contribution is 5.92. The molecule has 3 nitrogen and oxygen atoms in total. The molecule has 0 unspecified atom stereocenters. The summed E-state index contributed by atoms with van der Waals surface area (Å²) in [6.07, 6.45) is 3.66. The Labute approximate surface area is 107 Å². The molecule has 4 heteroatoms. The maximum atomic E-state index is 12.9. The average Bonchev–Trinajstić information content (AvgIpc) is 3.10. The van der Waals surface area contributed by atoms with Gasteiger partial charge in [0.1, 0.15) is 5.82 Å². The van der Waals surface area contributed by atoms with Crippen LogP contribution in [0.5, 0.6) is 0 Å². The van der Waals surface area contributed by atoms with Gasteiger partial charge in [0.05, 0.1) is 6.54 Å². The zero-order valence-corrected chi connectivity index (χ0v) is 10.6. The molecule has 1 aromatic carbocycles. The summed E-state index contributed by atoms with van der Waals surface area (Å²) in [7, 11) is 0. The van der Waals surface area contributed by atoms with Crippen LogP contribution in [-0.2, 0) is 4.79 Å². The van der Waals surface area contributed by atoms with Crippen LogP contribution in [0.2, 0.25) is 0 Å². The van der Waals surface area contributed by atoms with Crippen molar-refractivity contribution in [2.24, 2.45) is 5.41 Å². The number of benzene rings is 1. The van der Waals surface area contributed by atoms with Crippen LogP contribution in [0.3, 0.4) is 0 Å². The summed E-state index contributed by atoms with van der Waals surface area (Å²) in [5.41, 5.74) is 0.928. The van der Waals surface area contributed by atoms with Crippen LogP contribution in [0.25, 0.3) is 0 Å². The fourth-order valence-corrected chi connectivity index (χ4v) is 2.04. The molecule has 1 saturated carbocycles. The fraction of sp³-hybridized carbons (Fsp3) is 0.500. The van der Waals surface area contributed by atoms with Crippen molar-refractivity contribution < 1.29 is 9.18 Å². The molecule has 0 radical (unpaired) electrons. The van der Waals surface area contributed by atoms with Crippen LogP contribution in [-0.4, -0.2) is 19.0 Å². The Bertz CT molecular complexity index is 430. The van der Waals surface area contributed by atoms with Crippen molar-refractivity contribution >= 4 is 11.6 Å². The Hall–Kier alpha value is -1.42. The van der Waals surface area contributed by atoms with Gasteiger partial charge in [-0.3, -0.25) is 4.79 Å². The Morgan fingerprint density at radius 2 is 2.22 bits per heavy atom. The number of carbonyl (C=O) groups excluding carboxylic acids is 1. The lowest BCUT2D eigenvalue weighted by Gasteiger charge is -2.13. The molecule has 1 aliphatic carbocycles. The third-order valence-electron chi connectivity index (χ3n) is 3.60. The average molecular weight is 250 g/mol. The van der Waals surface area contributed by atoms with Crippen molar-refractivity contribution in [1.29, 1.82) is 0 Å². The summed E-state index contributed by atoms with van der Waals surface area (Å²) in [5.74, 6) is -0.476. The van der Waals surface area contributed by atoms with Crippen molar-refractivity contribution in [2.75, 3.05) is 18.4 Å². The Morgan fingerprint density at radius 3 is 2.83 bits per heavy atom. The van der Waals surface area contributed by atoms with Crippen molar-refractivity contribution in [3.05, 3.63) is 30.1 Å². The van der Waals surface area contributed by atoms with Gasteiger partial charge < -0.3 is 10.6 Å². The third-order valence-corrected chi connectivity index (χ3v) is 3.60. The van der Waals surface area contributed by atoms with E-state index in [1.807, 2.05) is 0 Å². The van der Waals surface area contributed by atoms with Gasteiger partial charge in [-0.2, -0.15) is 0 Å². The predicted octanol–water partition coefficient (Wildman–Crippen LogP) is 2.54. The quantitative estimate of drug-likeness (QED) is 0.814. The molecule has 0 aromatic heterocycles. The second-order valence-electron chi connectivity index (χ2n) is 5.02. The van der Waals surface area contributed by atoms with Crippen LogP contribution in [0.1, 0.15) is 26.2 Å². The first-order valence-electron chi connectivity index (χ1n) is 6.40. The fourth-order valence-electron chi connectivity index (χ4n) is 2.04. The number of hydrogen-bond acceptors (Lipinski definition) is 2. The Morgan fingerprint density at radius 1 is 1.44 bits per heavy atom. The van der Waals surface area contributed by atoms with E-state index in [1.165, 1.54) is 25.0 Å². The van der Waals surface area contributed by atoms with Crippen LogP contribution in [0.15, 0.2) is 24.3 Å². The number of anilines is 1. The van der Waals surface area contributed by atoms with E-state index >= 15 is 0 Å². The highest BCUT2D eigenvalue weighted by Gasteiger charge is 2.39. The van der Waals surface area contributed by atoms with E-state index in [1.54, 1.807) is 12.1 Å². The maximum Gasteiger partial charge on any atom is 0.238 e. The van der Waals surface area contributed by atoms with Crippen LogP contribution in [0, 0.1) is 11.2 Å². The first kappa shape index (κ1) is 13.0. The molecule has 0 bridgehead atoms. The summed E-state index contributed by atoms with van der Waals surface area (Å²) in [5, 5.41) is 5.83. The summed E-state index contributed by atoms with van der Waals surface area (Å²) in [6, 6.07) is 5.92. The molecule has 2 rings (SSSR count). The second-order valence-corrected chi connectivity index (χ2v) is 5.02. The van der Waals surface area contributed by atoms with Gasteiger partial charge in [-0.25, -0.2) is 4.39 Å². The largest absolute Gasteiger partial charge is 0.325 e. The van der Waals surface area contributed by atoms with E-state index in [-0.39, 0.29) is 18.3 Å². The highest BCUT2D eigenvalue weighted by atomic mass is 19.1. The molecule has 1 aromatic rings. The minimum atomic E-state index is -0.344. The predicted molar refractivity (Wildman–Crippen MR) is 69.9 cm³/mol. The van der Waals surface area contributed by atoms with E-state index in [0.29, 0.717) is 11.1 Å². The molecule has 18 heavy (non-hydrogen) atoms. The number of halogens is 1. The van der Waals surface area contributed by atoms with Gasteiger partial charge in [-0.15, -0.1) is 0 Å². The van der Waals surface area contributed by atoms with E-state index in [0.717, 1.165) is 13.0 Å². The van der Waals surface area contributed by atoms with Crippen LogP contribution < -0.4 is 10.6 Å². The molecule has 0 atom stereocenters. The molecule has 0 spiro atoms. The minimum absolute atomic E-state index is 0.132. The summed E-state index contributed by atoms with van der Waals surface area (Å²) in [4.78, 5) is 11.6. The van der Waals surface area contributed by atoms with Crippen molar-refractivity contribution in [3.8, 4) is 0 Å². The molecular weight excluding hydrogens is 231 g/mol. The first-order chi connectivity index (χ1) is 8.63. The van der Waals surface area contributed by atoms with E-state index in [2.05, 4.69) is 17.6 Å². The normalized spacial score (nSPS) is 16.3. The minimum Gasteiger partial charge on any atom is -0.325 e. The molecule has 0 saturated heterocycles. The van der Waals surface area contributed by atoms with E-state index in [9.17, 15) is 9.18 Å². The van der Waals surface area contributed by atoms with Gasteiger partial charge in [-0.05, 0) is 42.9 Å². The summed E-state index contributed by atoms with van der Waals surface area (Å²) >= 11 is 0. The zero-order valence-electron chi connectivity index (χ0n) is 10.6. The second kappa shape index (κ2) is 5.48. The lowest BCUT2D eigenvalue weighted by Crippen LogP contribution is -2.32. The van der Waals surface area contributed by atoms with Crippen molar-refractivity contribution in [1.82, 2.24) is 5.32 Å². The topological polar surface area (TPSA) is 41.1 Å². The molecule has 2 N–H and O–H groups in total. The Kier molecular flexibility index (Phi) is 3.97. The van der Waals surface area contributed by atoms with Crippen molar-refractivity contribution in [2.45, 2.75) is 26.2 Å². The Balaban J connectivity index is 1.72. The smallest absolute Gasteiger partial charge is 0.238 e. The standard InChI is InChI=1S/C14H19FN2O/c1-2-14(6-7-14)10-16-9-13(18)17-12-5-3-4-11(15)8-12/h3-5,8,16H,2,6-7,9-10H2,1H3,(H,17,18). The first-order valence-corrected chi connectivity index (χ1v) is 6.40. The monoisotopic (exact) mass is 250 g/mol.